The number of rotatable bonds is 0. The lowest BCUT2D eigenvalue weighted by Crippen LogP contribution is -2.05. The van der Waals surface area contributed by atoms with E-state index >= 15 is 0 Å². The summed E-state index contributed by atoms with van der Waals surface area (Å²) in [5.41, 5.74) is 3.87. The maximum absolute atomic E-state index is 4.51. The van der Waals surface area contributed by atoms with Gasteiger partial charge in [-0.2, -0.15) is 11.8 Å². The number of hydrogen-bond donors (Lipinski definition) is 0. The molecule has 0 saturated heterocycles. The zero-order valence-corrected chi connectivity index (χ0v) is 10.9. The lowest BCUT2D eigenvalue weighted by Gasteiger charge is -2.07. The van der Waals surface area contributed by atoms with E-state index in [1.54, 1.807) is 0 Å². The van der Waals surface area contributed by atoms with E-state index in [0.29, 0.717) is 0 Å². The fourth-order valence-electron chi connectivity index (χ4n) is 1.78. The van der Waals surface area contributed by atoms with E-state index in [9.17, 15) is 0 Å². The van der Waals surface area contributed by atoms with Crippen LogP contribution in [0.1, 0.15) is 36.6 Å². The zero-order valence-electron chi connectivity index (χ0n) is 10.1. The summed E-state index contributed by atoms with van der Waals surface area (Å²) in [6.45, 7) is 8.08. The third-order valence-corrected chi connectivity index (χ3v) is 3.38. The molecule has 0 bridgehead atoms. The van der Waals surface area contributed by atoms with E-state index in [2.05, 4.69) is 16.9 Å². The number of aromatic nitrogens is 2. The van der Waals surface area contributed by atoms with Crippen LogP contribution in [0.15, 0.2) is 0 Å². The molecule has 0 fully saturated rings. The van der Waals surface area contributed by atoms with Crippen LogP contribution in [0.2, 0.25) is 0 Å². The second-order valence-electron chi connectivity index (χ2n) is 3.39. The first-order valence-corrected chi connectivity index (χ1v) is 6.83. The molecule has 1 aromatic rings. The molecule has 2 rings (SSSR count). The number of aryl methyl sites for hydroxylation is 3. The van der Waals surface area contributed by atoms with Crippen molar-refractivity contribution in [1.29, 1.82) is 0 Å². The predicted molar refractivity (Wildman–Crippen MR) is 67.6 cm³/mol. The predicted octanol–water partition coefficient (Wildman–Crippen LogP) is 2.95. The van der Waals surface area contributed by atoms with Crippen LogP contribution in [-0.4, -0.2) is 21.5 Å². The van der Waals surface area contributed by atoms with Crippen molar-refractivity contribution < 1.29 is 0 Å². The lowest BCUT2D eigenvalue weighted by atomic mass is 10.1. The van der Waals surface area contributed by atoms with Gasteiger partial charge in [0.15, 0.2) is 0 Å². The van der Waals surface area contributed by atoms with Gasteiger partial charge in [-0.1, -0.05) is 13.8 Å². The molecule has 2 nitrogen and oxygen atoms in total. The molecule has 0 amide bonds. The molecular formula is C12H20N2S. The summed E-state index contributed by atoms with van der Waals surface area (Å²) >= 11 is 2.02. The molecule has 84 valence electrons. The third-order valence-electron chi connectivity index (χ3n) is 2.39. The van der Waals surface area contributed by atoms with Gasteiger partial charge in [0.05, 0.1) is 0 Å². The Labute approximate surface area is 96.9 Å². The van der Waals surface area contributed by atoms with Gasteiger partial charge in [0.25, 0.3) is 0 Å². The van der Waals surface area contributed by atoms with E-state index in [1.807, 2.05) is 32.5 Å². The maximum atomic E-state index is 4.51. The van der Waals surface area contributed by atoms with Gasteiger partial charge in [-0.25, -0.2) is 9.97 Å². The van der Waals surface area contributed by atoms with Gasteiger partial charge < -0.3 is 0 Å². The van der Waals surface area contributed by atoms with Crippen LogP contribution in [0, 0.1) is 13.8 Å². The van der Waals surface area contributed by atoms with Gasteiger partial charge in [0, 0.05) is 11.4 Å². The third kappa shape index (κ3) is 3.20. The fourth-order valence-corrected chi connectivity index (χ4v) is 2.67. The molecule has 1 aliphatic rings. The number of hydrogen-bond acceptors (Lipinski definition) is 3. The normalized spacial score (nSPS) is 14.7. The highest BCUT2D eigenvalue weighted by atomic mass is 32.2. The molecule has 0 aromatic carbocycles. The molecule has 0 atom stereocenters. The highest BCUT2D eigenvalue weighted by Crippen LogP contribution is 2.20. The minimum Gasteiger partial charge on any atom is -0.238 e. The highest BCUT2D eigenvalue weighted by molar-refractivity contribution is 7.99. The smallest absolute Gasteiger partial charge is 0.125 e. The Balaban J connectivity index is 0.000000531. The Morgan fingerprint density at radius 2 is 1.67 bits per heavy atom. The molecule has 0 unspecified atom stereocenters. The Morgan fingerprint density at radius 1 is 1.00 bits per heavy atom. The van der Waals surface area contributed by atoms with Crippen LogP contribution >= 0.6 is 11.8 Å². The van der Waals surface area contributed by atoms with Crippen molar-refractivity contribution in [2.45, 2.75) is 40.5 Å². The molecule has 0 spiro atoms. The molecule has 1 aromatic heterocycles. The molecule has 3 heteroatoms. The van der Waals surface area contributed by atoms with Crippen molar-refractivity contribution in [3.8, 4) is 0 Å². The number of fused-ring (bicyclic) bond motifs is 1. The molecule has 0 saturated carbocycles. The summed E-state index contributed by atoms with van der Waals surface area (Å²) in [5.74, 6) is 3.35. The number of nitrogens with zero attached hydrogens (tertiary/aromatic N) is 2. The summed E-state index contributed by atoms with van der Waals surface area (Å²) < 4.78 is 0. The minimum absolute atomic E-state index is 0.920. The van der Waals surface area contributed by atoms with E-state index < -0.39 is 0 Å². The summed E-state index contributed by atoms with van der Waals surface area (Å²) in [6, 6.07) is 0. The van der Waals surface area contributed by atoms with E-state index in [4.69, 9.17) is 0 Å². The van der Waals surface area contributed by atoms with E-state index in [0.717, 1.165) is 18.7 Å². The van der Waals surface area contributed by atoms with Gasteiger partial charge in [0.2, 0.25) is 0 Å². The Kier molecular flexibility index (Phi) is 5.09. The lowest BCUT2D eigenvalue weighted by molar-refractivity contribution is 0.887. The quantitative estimate of drug-likeness (QED) is 0.677. The average molecular weight is 224 g/mol. The summed E-state index contributed by atoms with van der Waals surface area (Å²) in [4.78, 5) is 8.92. The van der Waals surface area contributed by atoms with Crippen LogP contribution in [0.5, 0.6) is 0 Å². The molecule has 0 aliphatic carbocycles. The van der Waals surface area contributed by atoms with Crippen LogP contribution in [0.3, 0.4) is 0 Å². The first-order chi connectivity index (χ1) is 7.27. The highest BCUT2D eigenvalue weighted by Gasteiger charge is 2.12. The van der Waals surface area contributed by atoms with Crippen LogP contribution in [0.25, 0.3) is 0 Å². The Bertz CT molecular complexity index is 324. The van der Waals surface area contributed by atoms with Crippen molar-refractivity contribution >= 4 is 11.8 Å². The summed E-state index contributed by atoms with van der Waals surface area (Å²) in [7, 11) is 0. The van der Waals surface area contributed by atoms with Crippen LogP contribution in [0.4, 0.5) is 0 Å². The Morgan fingerprint density at radius 3 is 2.40 bits per heavy atom. The second-order valence-corrected chi connectivity index (χ2v) is 4.62. The van der Waals surface area contributed by atoms with Gasteiger partial charge in [-0.3, -0.25) is 0 Å². The van der Waals surface area contributed by atoms with Gasteiger partial charge in [0.1, 0.15) is 5.82 Å². The fraction of sp³-hybridized carbons (Fsp3) is 0.667. The van der Waals surface area contributed by atoms with Crippen molar-refractivity contribution in [2.24, 2.45) is 0 Å². The van der Waals surface area contributed by atoms with Crippen molar-refractivity contribution in [3.05, 3.63) is 22.8 Å². The average Bonchev–Trinajstić information content (AvgIpc) is 2.46. The monoisotopic (exact) mass is 224 g/mol. The second kappa shape index (κ2) is 6.11. The molecule has 0 radical (unpaired) electrons. The van der Waals surface area contributed by atoms with Gasteiger partial charge in [-0.05, 0) is 43.8 Å². The van der Waals surface area contributed by atoms with E-state index in [1.165, 1.54) is 28.5 Å². The Hall–Kier alpha value is -0.570. The van der Waals surface area contributed by atoms with Crippen molar-refractivity contribution in [1.82, 2.24) is 9.97 Å². The first kappa shape index (κ1) is 12.5. The van der Waals surface area contributed by atoms with Crippen LogP contribution < -0.4 is 0 Å². The van der Waals surface area contributed by atoms with Crippen molar-refractivity contribution in [2.75, 3.05) is 11.5 Å². The summed E-state index contributed by atoms with van der Waals surface area (Å²) in [6.07, 6.45) is 2.26. The topological polar surface area (TPSA) is 25.8 Å². The molecule has 0 N–H and O–H groups in total. The van der Waals surface area contributed by atoms with Gasteiger partial charge in [-0.15, -0.1) is 0 Å². The number of thioether (sulfide) groups is 1. The molecular weight excluding hydrogens is 204 g/mol. The maximum Gasteiger partial charge on any atom is 0.125 e. The van der Waals surface area contributed by atoms with Crippen LogP contribution in [-0.2, 0) is 12.8 Å². The van der Waals surface area contributed by atoms with Gasteiger partial charge >= 0.3 is 0 Å². The standard InChI is InChI=1S/C10H14N2S.C2H6/c1-7-9-3-5-13-6-4-10(9)12-8(2)11-7;1-2/h3-6H2,1-2H3;1-2H3. The van der Waals surface area contributed by atoms with E-state index in [-0.39, 0.29) is 0 Å². The first-order valence-electron chi connectivity index (χ1n) is 5.68. The molecule has 1 aliphatic heterocycles. The van der Waals surface area contributed by atoms with Crippen molar-refractivity contribution in [3.63, 3.8) is 0 Å². The molecule has 2 heterocycles. The SMILES string of the molecule is CC.Cc1nc(C)c2c(n1)CCSCC2. The minimum atomic E-state index is 0.920. The largest absolute Gasteiger partial charge is 0.238 e. The summed E-state index contributed by atoms with van der Waals surface area (Å²) in [5, 5.41) is 0. The zero-order chi connectivity index (χ0) is 11.3. The molecule has 15 heavy (non-hydrogen) atoms.